The molecule has 1 nitrogen and oxygen atoms in total. The van der Waals surface area contributed by atoms with Crippen LogP contribution in [0.5, 0.6) is 5.75 Å². The maximum absolute atomic E-state index is 14.8. The van der Waals surface area contributed by atoms with Crippen LogP contribution >= 0.6 is 0 Å². The molecule has 2 aromatic rings. The summed E-state index contributed by atoms with van der Waals surface area (Å²) < 4.78 is 49.5. The summed E-state index contributed by atoms with van der Waals surface area (Å²) in [5.74, 6) is -3.15. The Morgan fingerprint density at radius 1 is 1.06 bits per heavy atom. The van der Waals surface area contributed by atoms with Gasteiger partial charge in [-0.25, -0.2) is 8.78 Å². The van der Waals surface area contributed by atoms with E-state index in [0.29, 0.717) is 30.4 Å². The van der Waals surface area contributed by atoms with E-state index in [2.05, 4.69) is 19.7 Å². The molecule has 4 heteroatoms. The van der Waals surface area contributed by atoms with E-state index in [-0.39, 0.29) is 29.1 Å². The second-order valence-electron chi connectivity index (χ2n) is 7.78. The highest BCUT2D eigenvalue weighted by atomic mass is 19.2. The number of hydrogen-bond donors (Lipinski definition) is 0. The van der Waals surface area contributed by atoms with Gasteiger partial charge in [-0.1, -0.05) is 50.4 Å². The van der Waals surface area contributed by atoms with Gasteiger partial charge >= 0.3 is 0 Å². The zero-order valence-electron chi connectivity index (χ0n) is 17.9. The molecule has 0 unspecified atom stereocenters. The Bertz CT molecular complexity index is 1050. The summed E-state index contributed by atoms with van der Waals surface area (Å²) in [5, 5.41) is 0. The van der Waals surface area contributed by atoms with Gasteiger partial charge in [-0.2, -0.15) is 4.39 Å². The number of halogens is 3. The Hall–Kier alpha value is -3.01. The first-order valence-electron chi connectivity index (χ1n) is 10.5. The Balaban J connectivity index is 1.80. The van der Waals surface area contributed by atoms with E-state index in [1.165, 1.54) is 5.56 Å². The van der Waals surface area contributed by atoms with Crippen LogP contribution in [0.25, 0.3) is 0 Å². The van der Waals surface area contributed by atoms with Crippen molar-refractivity contribution in [3.8, 4) is 5.75 Å². The predicted molar refractivity (Wildman–Crippen MR) is 120 cm³/mol. The fraction of sp³-hybridized carbons (Fsp3) is 0.259. The van der Waals surface area contributed by atoms with Crippen molar-refractivity contribution in [2.24, 2.45) is 0 Å². The average Bonchev–Trinajstić information content (AvgIpc) is 2.78. The van der Waals surface area contributed by atoms with Crippen molar-refractivity contribution in [2.45, 2.75) is 45.4 Å². The van der Waals surface area contributed by atoms with E-state index in [9.17, 15) is 13.2 Å². The van der Waals surface area contributed by atoms with Crippen LogP contribution < -0.4 is 4.74 Å². The van der Waals surface area contributed by atoms with Crippen LogP contribution in [0.3, 0.4) is 0 Å². The van der Waals surface area contributed by atoms with Gasteiger partial charge in [0, 0.05) is 12.0 Å². The molecule has 0 spiro atoms. The van der Waals surface area contributed by atoms with Crippen molar-refractivity contribution in [3.05, 3.63) is 113 Å². The van der Waals surface area contributed by atoms with Gasteiger partial charge in [0.05, 0.1) is 0 Å². The lowest BCUT2D eigenvalue weighted by molar-refractivity contribution is 0.353. The number of hydrogen-bond acceptors (Lipinski definition) is 1. The third kappa shape index (κ3) is 5.01. The van der Waals surface area contributed by atoms with Gasteiger partial charge in [0.15, 0.2) is 23.2 Å². The first-order chi connectivity index (χ1) is 14.8. The minimum atomic E-state index is -1.09. The Kier molecular flexibility index (Phi) is 7.21. The van der Waals surface area contributed by atoms with E-state index in [1.54, 1.807) is 13.0 Å². The van der Waals surface area contributed by atoms with Gasteiger partial charge < -0.3 is 4.74 Å². The molecule has 0 aliphatic carbocycles. The average molecular weight is 425 g/mol. The smallest absolute Gasteiger partial charge is 0.201 e. The fourth-order valence-corrected chi connectivity index (χ4v) is 3.56. The molecule has 1 aliphatic heterocycles. The zero-order valence-corrected chi connectivity index (χ0v) is 17.9. The summed E-state index contributed by atoms with van der Waals surface area (Å²) in [5.41, 5.74) is 3.61. The van der Waals surface area contributed by atoms with Crippen molar-refractivity contribution < 1.29 is 17.9 Å². The lowest BCUT2D eigenvalue weighted by atomic mass is 9.94. The van der Waals surface area contributed by atoms with Crippen LogP contribution in [0, 0.1) is 11.6 Å². The molecule has 0 aromatic heterocycles. The maximum Gasteiger partial charge on any atom is 0.201 e. The second-order valence-corrected chi connectivity index (χ2v) is 7.78. The first kappa shape index (κ1) is 22.7. The molecule has 1 aliphatic rings. The molecule has 0 amide bonds. The van der Waals surface area contributed by atoms with Crippen LogP contribution in [0.4, 0.5) is 13.2 Å². The quantitative estimate of drug-likeness (QED) is 0.399. The molecule has 162 valence electrons. The highest BCUT2D eigenvalue weighted by molar-refractivity contribution is 5.51. The first-order valence-corrected chi connectivity index (χ1v) is 10.5. The summed E-state index contributed by atoms with van der Waals surface area (Å²) in [6.45, 7) is 13.0. The number of rotatable bonds is 8. The molecule has 0 saturated heterocycles. The summed E-state index contributed by atoms with van der Waals surface area (Å²) in [6.07, 6.45) is 5.22. The molecule has 0 atom stereocenters. The van der Waals surface area contributed by atoms with E-state index in [0.717, 1.165) is 18.4 Å². The molecule has 0 N–H and O–H groups in total. The predicted octanol–water partition coefficient (Wildman–Crippen LogP) is 7.51. The van der Waals surface area contributed by atoms with E-state index < -0.39 is 17.5 Å². The Morgan fingerprint density at radius 3 is 2.32 bits per heavy atom. The number of fused-ring (bicyclic) bond motifs is 1. The van der Waals surface area contributed by atoms with Crippen LogP contribution in [-0.4, -0.2) is 0 Å². The standard InChI is InChI=1S/C27H27F3O/c1-5-7-8-19-9-11-20(12-10-19)13-14-21-16-22-15-18(4)26(23(28)17(3)6-2)31-27(22)25(30)24(21)29/h5,9-12,16H,1,3-4,6-8,13-15H2,2H3/b26-23-. The fourth-order valence-electron chi connectivity index (χ4n) is 3.56. The maximum atomic E-state index is 14.8. The third-order valence-electron chi connectivity index (χ3n) is 5.52. The molecular weight excluding hydrogens is 397 g/mol. The summed E-state index contributed by atoms with van der Waals surface area (Å²) in [4.78, 5) is 0. The molecule has 0 saturated carbocycles. The molecule has 2 aromatic carbocycles. The van der Waals surface area contributed by atoms with Crippen molar-refractivity contribution >= 4 is 0 Å². The number of ether oxygens (including phenoxy) is 1. The Morgan fingerprint density at radius 2 is 1.71 bits per heavy atom. The monoisotopic (exact) mass is 424 g/mol. The van der Waals surface area contributed by atoms with Gasteiger partial charge in [0.25, 0.3) is 0 Å². The second kappa shape index (κ2) is 9.86. The number of aryl methyl sites for hydroxylation is 3. The van der Waals surface area contributed by atoms with Gasteiger partial charge in [0.2, 0.25) is 5.82 Å². The number of allylic oxidation sites excluding steroid dienone is 4. The Labute approximate surface area is 182 Å². The molecule has 0 fully saturated rings. The zero-order chi connectivity index (χ0) is 22.5. The van der Waals surface area contributed by atoms with Crippen molar-refractivity contribution in [1.82, 2.24) is 0 Å². The highest BCUT2D eigenvalue weighted by Crippen LogP contribution is 2.39. The van der Waals surface area contributed by atoms with Crippen LogP contribution in [0.15, 0.2) is 78.9 Å². The van der Waals surface area contributed by atoms with Gasteiger partial charge in [-0.05, 0) is 66.0 Å². The largest absolute Gasteiger partial charge is 0.450 e. The summed E-state index contributed by atoms with van der Waals surface area (Å²) in [7, 11) is 0. The van der Waals surface area contributed by atoms with E-state index in [4.69, 9.17) is 4.74 Å². The van der Waals surface area contributed by atoms with Crippen molar-refractivity contribution in [2.75, 3.05) is 0 Å². The minimum absolute atomic E-state index is 0.165. The molecular formula is C27H27F3O. The van der Waals surface area contributed by atoms with Gasteiger partial charge in [0.1, 0.15) is 0 Å². The van der Waals surface area contributed by atoms with E-state index in [1.807, 2.05) is 30.3 Å². The lowest BCUT2D eigenvalue weighted by Crippen LogP contribution is -2.15. The highest BCUT2D eigenvalue weighted by Gasteiger charge is 2.28. The lowest BCUT2D eigenvalue weighted by Gasteiger charge is -2.24. The third-order valence-corrected chi connectivity index (χ3v) is 5.52. The molecule has 0 bridgehead atoms. The molecule has 31 heavy (non-hydrogen) atoms. The van der Waals surface area contributed by atoms with Crippen LogP contribution in [-0.2, 0) is 25.7 Å². The topological polar surface area (TPSA) is 9.23 Å². The van der Waals surface area contributed by atoms with Gasteiger partial charge in [-0.15, -0.1) is 6.58 Å². The molecule has 3 rings (SSSR count). The normalized spacial score (nSPS) is 14.6. The van der Waals surface area contributed by atoms with Crippen molar-refractivity contribution in [1.29, 1.82) is 0 Å². The van der Waals surface area contributed by atoms with E-state index >= 15 is 0 Å². The van der Waals surface area contributed by atoms with Crippen LogP contribution in [0.1, 0.15) is 42.0 Å². The molecule has 0 radical (unpaired) electrons. The van der Waals surface area contributed by atoms with Crippen LogP contribution in [0.2, 0.25) is 0 Å². The summed E-state index contributed by atoms with van der Waals surface area (Å²) in [6, 6.07) is 9.72. The summed E-state index contributed by atoms with van der Waals surface area (Å²) >= 11 is 0. The molecule has 1 heterocycles. The number of benzene rings is 2. The SMILES string of the molecule is C=CCCc1ccc(CCc2cc3c(c(F)c2F)O/C(=C(\F)C(=C)CC)C(=C)C3)cc1. The minimum Gasteiger partial charge on any atom is -0.450 e. The van der Waals surface area contributed by atoms with Gasteiger partial charge in [-0.3, -0.25) is 0 Å². The van der Waals surface area contributed by atoms with Crippen molar-refractivity contribution in [3.63, 3.8) is 0 Å².